The normalized spacial score (nSPS) is 15.2. The highest BCUT2D eigenvalue weighted by molar-refractivity contribution is 7.99. The molecule has 0 radical (unpaired) electrons. The van der Waals surface area contributed by atoms with Gasteiger partial charge in [0.15, 0.2) is 11.0 Å². The molecule has 2 aromatic rings. The summed E-state index contributed by atoms with van der Waals surface area (Å²) in [5, 5.41) is 13.6. The van der Waals surface area contributed by atoms with E-state index in [0.29, 0.717) is 12.6 Å². The van der Waals surface area contributed by atoms with Crippen molar-refractivity contribution in [2.45, 2.75) is 69.6 Å². The number of nitrogens with zero attached hydrogens (tertiary/aromatic N) is 3. The molecule has 0 bridgehead atoms. The Kier molecular flexibility index (Phi) is 7.23. The quantitative estimate of drug-likeness (QED) is 0.477. The number of benzene rings is 1. The van der Waals surface area contributed by atoms with Gasteiger partial charge in [0.05, 0.1) is 13.7 Å². The first-order valence-electron chi connectivity index (χ1n) is 9.76. The lowest BCUT2D eigenvalue weighted by atomic mass is 9.95. The molecule has 1 aliphatic carbocycles. The number of hydrogen-bond acceptors (Lipinski definition) is 5. The van der Waals surface area contributed by atoms with Crippen LogP contribution in [0.1, 0.15) is 63.7 Å². The fraction of sp³-hybridized carbons (Fsp3) is 0.600. The maximum absolute atomic E-state index is 5.31. The van der Waals surface area contributed by atoms with Crippen molar-refractivity contribution in [2.24, 2.45) is 0 Å². The SMILES string of the molecule is CCCCSc1nnc(CNc2cccc(OC)c2)n1C1CCCCC1. The van der Waals surface area contributed by atoms with Crippen LogP contribution in [0.5, 0.6) is 5.75 Å². The molecule has 3 rings (SSSR count). The lowest BCUT2D eigenvalue weighted by molar-refractivity contribution is 0.330. The average molecular weight is 375 g/mol. The van der Waals surface area contributed by atoms with E-state index >= 15 is 0 Å². The predicted octanol–water partition coefficient (Wildman–Crippen LogP) is 5.30. The second kappa shape index (κ2) is 9.86. The Morgan fingerprint density at radius 1 is 1.23 bits per heavy atom. The topological polar surface area (TPSA) is 52.0 Å². The summed E-state index contributed by atoms with van der Waals surface area (Å²) in [6.45, 7) is 2.92. The average Bonchev–Trinajstić information content (AvgIpc) is 3.10. The molecule has 0 saturated heterocycles. The molecule has 5 nitrogen and oxygen atoms in total. The second-order valence-electron chi connectivity index (χ2n) is 6.85. The Morgan fingerprint density at radius 2 is 2.08 bits per heavy atom. The molecule has 0 aliphatic heterocycles. The number of ether oxygens (including phenoxy) is 1. The van der Waals surface area contributed by atoms with Crippen molar-refractivity contribution >= 4 is 17.4 Å². The minimum Gasteiger partial charge on any atom is -0.497 e. The molecule has 0 spiro atoms. The zero-order chi connectivity index (χ0) is 18.2. The van der Waals surface area contributed by atoms with Crippen LogP contribution in [0.4, 0.5) is 5.69 Å². The monoisotopic (exact) mass is 374 g/mol. The highest BCUT2D eigenvalue weighted by Crippen LogP contribution is 2.33. The first-order chi connectivity index (χ1) is 12.8. The van der Waals surface area contributed by atoms with Crippen molar-refractivity contribution in [2.75, 3.05) is 18.2 Å². The zero-order valence-electron chi connectivity index (χ0n) is 15.9. The van der Waals surface area contributed by atoms with Crippen LogP contribution >= 0.6 is 11.8 Å². The van der Waals surface area contributed by atoms with Gasteiger partial charge >= 0.3 is 0 Å². The van der Waals surface area contributed by atoms with Crippen LogP contribution in [-0.2, 0) is 6.54 Å². The van der Waals surface area contributed by atoms with E-state index in [4.69, 9.17) is 4.74 Å². The third kappa shape index (κ3) is 4.93. The molecular formula is C20H30N4OS. The number of aromatic nitrogens is 3. The summed E-state index contributed by atoms with van der Waals surface area (Å²) in [5.41, 5.74) is 1.04. The summed E-state index contributed by atoms with van der Waals surface area (Å²) >= 11 is 1.86. The van der Waals surface area contributed by atoms with Gasteiger partial charge in [-0.15, -0.1) is 10.2 Å². The number of methoxy groups -OCH3 is 1. The van der Waals surface area contributed by atoms with Gasteiger partial charge < -0.3 is 14.6 Å². The first kappa shape index (κ1) is 19.1. The first-order valence-corrected chi connectivity index (χ1v) is 10.7. The molecule has 1 aliphatic rings. The van der Waals surface area contributed by atoms with Crippen molar-refractivity contribution in [1.82, 2.24) is 14.8 Å². The van der Waals surface area contributed by atoms with E-state index in [1.165, 1.54) is 44.9 Å². The minimum atomic E-state index is 0.546. The molecule has 6 heteroatoms. The van der Waals surface area contributed by atoms with Crippen LogP contribution in [0.3, 0.4) is 0 Å². The summed E-state index contributed by atoms with van der Waals surface area (Å²) in [6.07, 6.45) is 8.90. The minimum absolute atomic E-state index is 0.546. The summed E-state index contributed by atoms with van der Waals surface area (Å²) < 4.78 is 7.72. The molecule has 26 heavy (non-hydrogen) atoms. The lowest BCUT2D eigenvalue weighted by Crippen LogP contribution is -2.18. The zero-order valence-corrected chi connectivity index (χ0v) is 16.7. The molecule has 1 aromatic carbocycles. The van der Waals surface area contributed by atoms with Gasteiger partial charge in [-0.1, -0.05) is 50.4 Å². The van der Waals surface area contributed by atoms with E-state index in [9.17, 15) is 0 Å². The number of anilines is 1. The lowest BCUT2D eigenvalue weighted by Gasteiger charge is -2.25. The van der Waals surface area contributed by atoms with Gasteiger partial charge in [-0.2, -0.15) is 0 Å². The number of hydrogen-bond donors (Lipinski definition) is 1. The van der Waals surface area contributed by atoms with E-state index in [1.807, 2.05) is 30.0 Å². The van der Waals surface area contributed by atoms with E-state index < -0.39 is 0 Å². The highest BCUT2D eigenvalue weighted by Gasteiger charge is 2.22. The molecule has 1 N–H and O–H groups in total. The predicted molar refractivity (Wildman–Crippen MR) is 108 cm³/mol. The Bertz CT molecular complexity index is 682. The highest BCUT2D eigenvalue weighted by atomic mass is 32.2. The Hall–Kier alpha value is -1.69. The summed E-state index contributed by atoms with van der Waals surface area (Å²) in [7, 11) is 1.69. The van der Waals surface area contributed by atoms with Crippen molar-refractivity contribution in [3.05, 3.63) is 30.1 Å². The number of nitrogens with one attached hydrogen (secondary N) is 1. The van der Waals surface area contributed by atoms with Crippen molar-refractivity contribution in [3.63, 3.8) is 0 Å². The van der Waals surface area contributed by atoms with Crippen LogP contribution in [0.15, 0.2) is 29.4 Å². The third-order valence-corrected chi connectivity index (χ3v) is 5.95. The maximum Gasteiger partial charge on any atom is 0.191 e. The van der Waals surface area contributed by atoms with E-state index in [-0.39, 0.29) is 0 Å². The second-order valence-corrected chi connectivity index (χ2v) is 7.91. The Labute approximate surface area is 160 Å². The van der Waals surface area contributed by atoms with Gasteiger partial charge in [-0.05, 0) is 31.4 Å². The fourth-order valence-corrected chi connectivity index (χ4v) is 4.56. The molecule has 142 valence electrons. The van der Waals surface area contributed by atoms with Crippen molar-refractivity contribution < 1.29 is 4.74 Å². The van der Waals surface area contributed by atoms with E-state index in [1.54, 1.807) is 7.11 Å². The van der Waals surface area contributed by atoms with Gasteiger partial charge in [0.25, 0.3) is 0 Å². The molecule has 1 fully saturated rings. The van der Waals surface area contributed by atoms with Crippen molar-refractivity contribution in [1.29, 1.82) is 0 Å². The molecule has 1 saturated carbocycles. The summed E-state index contributed by atoms with van der Waals surface area (Å²) in [5.74, 6) is 3.02. The fourth-order valence-electron chi connectivity index (χ4n) is 3.45. The molecule has 1 heterocycles. The van der Waals surface area contributed by atoms with Crippen LogP contribution in [-0.4, -0.2) is 27.6 Å². The van der Waals surface area contributed by atoms with Gasteiger partial charge in [-0.3, -0.25) is 0 Å². The van der Waals surface area contributed by atoms with Gasteiger partial charge in [0.2, 0.25) is 0 Å². The van der Waals surface area contributed by atoms with Gasteiger partial charge in [0.1, 0.15) is 5.75 Å². The number of rotatable bonds is 9. The van der Waals surface area contributed by atoms with Crippen LogP contribution in [0.25, 0.3) is 0 Å². The van der Waals surface area contributed by atoms with Crippen LogP contribution < -0.4 is 10.1 Å². The van der Waals surface area contributed by atoms with E-state index in [2.05, 4.69) is 33.1 Å². The number of thioether (sulfide) groups is 1. The molecule has 1 aromatic heterocycles. The largest absolute Gasteiger partial charge is 0.497 e. The van der Waals surface area contributed by atoms with Crippen LogP contribution in [0.2, 0.25) is 0 Å². The summed E-state index contributed by atoms with van der Waals surface area (Å²) in [4.78, 5) is 0. The Balaban J connectivity index is 1.74. The molecular weight excluding hydrogens is 344 g/mol. The maximum atomic E-state index is 5.31. The molecule has 0 unspecified atom stereocenters. The standard InChI is InChI=1S/C20H30N4OS/c1-3-4-13-26-20-23-22-19(24(20)17-10-6-5-7-11-17)15-21-16-9-8-12-18(14-16)25-2/h8-9,12,14,17,21H,3-7,10-11,13,15H2,1-2H3. The Morgan fingerprint density at radius 3 is 2.85 bits per heavy atom. The molecule has 0 atom stereocenters. The molecule has 0 amide bonds. The third-order valence-electron chi connectivity index (χ3n) is 4.92. The summed E-state index contributed by atoms with van der Waals surface area (Å²) in [6, 6.07) is 8.57. The smallest absolute Gasteiger partial charge is 0.191 e. The van der Waals surface area contributed by atoms with Gasteiger partial charge in [-0.25, -0.2) is 0 Å². The van der Waals surface area contributed by atoms with E-state index in [0.717, 1.165) is 28.2 Å². The van der Waals surface area contributed by atoms with Crippen LogP contribution in [0, 0.1) is 0 Å². The number of unbranched alkanes of at least 4 members (excludes halogenated alkanes) is 1. The van der Waals surface area contributed by atoms with Crippen molar-refractivity contribution in [3.8, 4) is 5.75 Å². The van der Waals surface area contributed by atoms with Gasteiger partial charge in [0, 0.05) is 23.5 Å².